The number of hydrogen-bond acceptors (Lipinski definition) is 5. The van der Waals surface area contributed by atoms with E-state index in [4.69, 9.17) is 9.47 Å². The predicted octanol–water partition coefficient (Wildman–Crippen LogP) is 3.08. The Hall–Kier alpha value is -2.05. The van der Waals surface area contributed by atoms with Crippen molar-refractivity contribution in [3.63, 3.8) is 0 Å². The van der Waals surface area contributed by atoms with Gasteiger partial charge in [-0.1, -0.05) is 6.07 Å². The molecule has 0 aliphatic heterocycles. The highest BCUT2D eigenvalue weighted by atomic mass is 32.1. The Morgan fingerprint density at radius 1 is 1.35 bits per heavy atom. The molecule has 0 amide bonds. The van der Waals surface area contributed by atoms with Gasteiger partial charge in [0.1, 0.15) is 17.2 Å². The summed E-state index contributed by atoms with van der Waals surface area (Å²) in [5.74, 6) is 1.81. The van der Waals surface area contributed by atoms with Gasteiger partial charge in [0.15, 0.2) is 4.96 Å². The van der Waals surface area contributed by atoms with Crippen LogP contribution in [0.15, 0.2) is 35.8 Å². The summed E-state index contributed by atoms with van der Waals surface area (Å²) in [7, 11) is 0. The molecule has 0 aliphatic carbocycles. The molecule has 1 aromatic carbocycles. The monoisotopic (exact) mass is 290 g/mol. The zero-order valence-electron chi connectivity index (χ0n) is 10.9. The van der Waals surface area contributed by atoms with Crippen LogP contribution >= 0.6 is 11.3 Å². The van der Waals surface area contributed by atoms with Gasteiger partial charge in [-0.25, -0.2) is 0 Å². The summed E-state index contributed by atoms with van der Waals surface area (Å²) in [6.07, 6.45) is 1.86. The number of aromatic nitrogens is 2. The third-order valence-corrected chi connectivity index (χ3v) is 3.56. The number of aliphatic hydroxyl groups is 1. The number of benzene rings is 1. The van der Waals surface area contributed by atoms with Gasteiger partial charge in [0.25, 0.3) is 0 Å². The molecule has 20 heavy (non-hydrogen) atoms. The molecule has 0 bridgehead atoms. The van der Waals surface area contributed by atoms with E-state index in [0.717, 1.165) is 10.7 Å². The Morgan fingerprint density at radius 3 is 3.00 bits per heavy atom. The van der Waals surface area contributed by atoms with Crippen molar-refractivity contribution < 1.29 is 14.6 Å². The van der Waals surface area contributed by atoms with E-state index >= 15 is 0 Å². The van der Waals surface area contributed by atoms with Crippen LogP contribution < -0.4 is 9.47 Å². The van der Waals surface area contributed by atoms with Crippen molar-refractivity contribution in [1.82, 2.24) is 9.38 Å². The number of hydrogen-bond donors (Lipinski definition) is 1. The van der Waals surface area contributed by atoms with Crippen LogP contribution in [0.2, 0.25) is 0 Å². The predicted molar refractivity (Wildman–Crippen MR) is 76.7 cm³/mol. The molecule has 1 N–H and O–H groups in total. The van der Waals surface area contributed by atoms with E-state index in [0.29, 0.717) is 23.9 Å². The van der Waals surface area contributed by atoms with Crippen LogP contribution in [0.1, 0.15) is 12.6 Å². The van der Waals surface area contributed by atoms with E-state index in [2.05, 4.69) is 4.98 Å². The van der Waals surface area contributed by atoms with E-state index in [1.807, 2.05) is 41.1 Å². The summed E-state index contributed by atoms with van der Waals surface area (Å²) < 4.78 is 13.0. The molecule has 104 valence electrons. The maximum atomic E-state index is 9.48. The Labute approximate surface area is 120 Å². The van der Waals surface area contributed by atoms with Crippen LogP contribution in [-0.2, 0) is 6.61 Å². The smallest absolute Gasteiger partial charge is 0.244 e. The quantitative estimate of drug-likeness (QED) is 0.784. The average Bonchev–Trinajstić information content (AvgIpc) is 3.00. The van der Waals surface area contributed by atoms with Gasteiger partial charge in [-0.05, 0) is 19.1 Å². The van der Waals surface area contributed by atoms with Crippen LogP contribution in [-0.4, -0.2) is 21.1 Å². The lowest BCUT2D eigenvalue weighted by atomic mass is 10.3. The maximum Gasteiger partial charge on any atom is 0.244 e. The van der Waals surface area contributed by atoms with Gasteiger partial charge in [-0.3, -0.25) is 4.40 Å². The van der Waals surface area contributed by atoms with Crippen molar-refractivity contribution in [2.24, 2.45) is 0 Å². The molecule has 0 spiro atoms. The maximum absolute atomic E-state index is 9.48. The Bertz CT molecular complexity index is 720. The fourth-order valence-electron chi connectivity index (χ4n) is 1.94. The molecule has 0 saturated heterocycles. The highest BCUT2D eigenvalue weighted by molar-refractivity contribution is 7.15. The molecule has 2 heterocycles. The Kier molecular flexibility index (Phi) is 3.58. The summed E-state index contributed by atoms with van der Waals surface area (Å²) in [6, 6.07) is 7.36. The van der Waals surface area contributed by atoms with Gasteiger partial charge in [0.05, 0.1) is 13.2 Å². The van der Waals surface area contributed by atoms with Crippen LogP contribution in [0.5, 0.6) is 17.4 Å². The zero-order chi connectivity index (χ0) is 13.9. The van der Waals surface area contributed by atoms with Crippen LogP contribution in [0.3, 0.4) is 0 Å². The van der Waals surface area contributed by atoms with Crippen molar-refractivity contribution in [3.8, 4) is 17.4 Å². The third-order valence-electron chi connectivity index (χ3n) is 2.81. The standard InChI is InChI=1S/C14H14N2O3S/c1-2-18-10-4-3-5-11(8-10)19-13-12(9-17)16-6-7-20-14(16)15-13/h3-8,17H,2,9H2,1H3. The Morgan fingerprint density at radius 2 is 2.20 bits per heavy atom. The fraction of sp³-hybridized carbons (Fsp3) is 0.214. The molecule has 2 aromatic heterocycles. The molecular weight excluding hydrogens is 276 g/mol. The zero-order valence-corrected chi connectivity index (χ0v) is 11.8. The van der Waals surface area contributed by atoms with Crippen LogP contribution in [0.25, 0.3) is 4.96 Å². The summed E-state index contributed by atoms with van der Waals surface area (Å²) in [5, 5.41) is 11.4. The first-order valence-corrected chi connectivity index (χ1v) is 7.15. The number of thiazole rings is 1. The van der Waals surface area contributed by atoms with Crippen LogP contribution in [0, 0.1) is 0 Å². The van der Waals surface area contributed by atoms with Gasteiger partial charge in [-0.15, -0.1) is 11.3 Å². The summed E-state index contributed by atoms with van der Waals surface area (Å²) in [6.45, 7) is 2.41. The van der Waals surface area contributed by atoms with Crippen LogP contribution in [0.4, 0.5) is 0 Å². The van der Waals surface area contributed by atoms with Crippen molar-refractivity contribution in [2.45, 2.75) is 13.5 Å². The topological polar surface area (TPSA) is 56.0 Å². The average molecular weight is 290 g/mol. The van der Waals surface area contributed by atoms with Gasteiger partial charge < -0.3 is 14.6 Å². The molecule has 0 fully saturated rings. The largest absolute Gasteiger partial charge is 0.494 e. The minimum absolute atomic E-state index is 0.127. The van der Waals surface area contributed by atoms with Crippen molar-refractivity contribution in [3.05, 3.63) is 41.5 Å². The first-order valence-electron chi connectivity index (χ1n) is 6.28. The van der Waals surface area contributed by atoms with Crippen molar-refractivity contribution >= 4 is 16.3 Å². The minimum atomic E-state index is -0.127. The van der Waals surface area contributed by atoms with E-state index in [1.165, 1.54) is 11.3 Å². The number of rotatable bonds is 5. The normalized spacial score (nSPS) is 10.9. The van der Waals surface area contributed by atoms with Crippen molar-refractivity contribution in [1.29, 1.82) is 0 Å². The third kappa shape index (κ3) is 2.35. The molecule has 3 rings (SSSR count). The van der Waals surface area contributed by atoms with E-state index in [-0.39, 0.29) is 6.61 Å². The Balaban J connectivity index is 1.92. The molecule has 0 aliphatic rings. The number of aliphatic hydroxyl groups excluding tert-OH is 1. The fourth-order valence-corrected chi connectivity index (χ4v) is 2.67. The van der Waals surface area contributed by atoms with E-state index < -0.39 is 0 Å². The second kappa shape index (κ2) is 5.52. The minimum Gasteiger partial charge on any atom is -0.494 e. The van der Waals surface area contributed by atoms with Gasteiger partial charge in [0, 0.05) is 17.6 Å². The van der Waals surface area contributed by atoms with Gasteiger partial charge in [-0.2, -0.15) is 4.98 Å². The van der Waals surface area contributed by atoms with Gasteiger partial charge in [0.2, 0.25) is 5.88 Å². The lowest BCUT2D eigenvalue weighted by Crippen LogP contribution is -1.95. The van der Waals surface area contributed by atoms with Gasteiger partial charge >= 0.3 is 0 Å². The first kappa shape index (κ1) is 13.0. The van der Waals surface area contributed by atoms with Crippen molar-refractivity contribution in [2.75, 3.05) is 6.61 Å². The van der Waals surface area contributed by atoms with E-state index in [1.54, 1.807) is 6.07 Å². The molecule has 0 radical (unpaired) electrons. The number of imidazole rings is 1. The summed E-state index contributed by atoms with van der Waals surface area (Å²) in [4.78, 5) is 5.17. The molecular formula is C14H14N2O3S. The highest BCUT2D eigenvalue weighted by Crippen LogP contribution is 2.29. The molecule has 0 saturated carbocycles. The molecule has 6 heteroatoms. The lowest BCUT2D eigenvalue weighted by Gasteiger charge is -2.07. The second-order valence-corrected chi connectivity index (χ2v) is 4.96. The molecule has 3 aromatic rings. The molecule has 5 nitrogen and oxygen atoms in total. The van der Waals surface area contributed by atoms with E-state index in [9.17, 15) is 5.11 Å². The summed E-state index contributed by atoms with van der Waals surface area (Å²) in [5.41, 5.74) is 0.642. The summed E-state index contributed by atoms with van der Waals surface area (Å²) >= 11 is 1.50. The number of fused-ring (bicyclic) bond motifs is 1. The SMILES string of the molecule is CCOc1cccc(Oc2nc3sccn3c2CO)c1. The first-order chi connectivity index (χ1) is 9.81. The second-order valence-electron chi connectivity index (χ2n) is 4.09. The molecule has 0 unspecified atom stereocenters. The highest BCUT2D eigenvalue weighted by Gasteiger charge is 2.14. The lowest BCUT2D eigenvalue weighted by molar-refractivity contribution is 0.269. The molecule has 0 atom stereocenters. The number of ether oxygens (including phenoxy) is 2. The number of nitrogens with zero attached hydrogens (tertiary/aromatic N) is 2.